The van der Waals surface area contributed by atoms with E-state index >= 15 is 0 Å². The van der Waals surface area contributed by atoms with Gasteiger partial charge in [0.05, 0.1) is 12.7 Å². The van der Waals surface area contributed by atoms with Crippen LogP contribution in [0.1, 0.15) is 37.7 Å². The predicted octanol–water partition coefficient (Wildman–Crippen LogP) is 2.20. The van der Waals surface area contributed by atoms with Gasteiger partial charge in [-0.15, -0.1) is 24.8 Å². The number of hydrogen-bond donors (Lipinski definition) is 2. The third kappa shape index (κ3) is 7.93. The molecule has 1 aromatic rings. The van der Waals surface area contributed by atoms with Crippen LogP contribution in [0.5, 0.6) is 0 Å². The summed E-state index contributed by atoms with van der Waals surface area (Å²) >= 11 is 0. The number of ether oxygens (including phenoxy) is 1. The lowest BCUT2D eigenvalue weighted by Gasteiger charge is -2.44. The number of aryl methyl sites for hydroxylation is 1. The molecule has 2 aliphatic rings. The number of nitriles is 1. The minimum absolute atomic E-state index is 0. The van der Waals surface area contributed by atoms with E-state index < -0.39 is 20.7 Å². The van der Waals surface area contributed by atoms with Crippen LogP contribution >= 0.6 is 24.8 Å². The van der Waals surface area contributed by atoms with Crippen molar-refractivity contribution in [2.75, 3.05) is 64.4 Å². The van der Waals surface area contributed by atoms with Crippen LogP contribution in [-0.4, -0.2) is 93.0 Å². The SMILES string of the molecule is COCCN1CCC(C(=O)NO)(S(=O)(=O)N2CCN(c3ccc(CCCCC#N)cc3)CC2)CC1.Cl.Cl. The quantitative estimate of drug-likeness (QED) is 0.232. The molecular formula is C24H39Cl2N5O5S. The lowest BCUT2D eigenvalue weighted by Crippen LogP contribution is -2.63. The van der Waals surface area contributed by atoms with Crippen molar-refractivity contribution in [1.82, 2.24) is 14.7 Å². The number of hydroxylamine groups is 1. The molecule has 0 aromatic heterocycles. The Morgan fingerprint density at radius 3 is 2.24 bits per heavy atom. The number of piperazine rings is 1. The maximum absolute atomic E-state index is 13.7. The average Bonchev–Trinajstić information content (AvgIpc) is 2.90. The Kier molecular flexibility index (Phi) is 14.2. The first kappa shape index (κ1) is 33.4. The minimum Gasteiger partial charge on any atom is -0.383 e. The van der Waals surface area contributed by atoms with Gasteiger partial charge in [-0.25, -0.2) is 13.9 Å². The molecule has 0 spiro atoms. The molecular weight excluding hydrogens is 541 g/mol. The second-order valence-electron chi connectivity index (χ2n) is 9.19. The van der Waals surface area contributed by atoms with Crippen LogP contribution in [0.15, 0.2) is 24.3 Å². The highest BCUT2D eigenvalue weighted by molar-refractivity contribution is 7.91. The number of unbranched alkanes of at least 4 members (excludes halogenated alkanes) is 2. The summed E-state index contributed by atoms with van der Waals surface area (Å²) in [5, 5.41) is 18.0. The van der Waals surface area contributed by atoms with E-state index in [1.807, 2.05) is 0 Å². The maximum atomic E-state index is 13.7. The fraction of sp³-hybridized carbons (Fsp3) is 0.667. The maximum Gasteiger partial charge on any atom is 0.266 e. The zero-order chi connectivity index (χ0) is 25.3. The van der Waals surface area contributed by atoms with Crippen LogP contribution in [0.25, 0.3) is 0 Å². The van der Waals surface area contributed by atoms with Crippen molar-refractivity contribution in [2.24, 2.45) is 0 Å². The summed E-state index contributed by atoms with van der Waals surface area (Å²) in [5.41, 5.74) is 3.89. The number of hydrogen-bond acceptors (Lipinski definition) is 8. The molecule has 0 saturated carbocycles. The average molecular weight is 581 g/mol. The zero-order valence-electron chi connectivity index (χ0n) is 21.3. The Morgan fingerprint density at radius 1 is 1.08 bits per heavy atom. The molecule has 10 nitrogen and oxygen atoms in total. The number of likely N-dealkylation sites (tertiary alicyclic amines) is 1. The van der Waals surface area contributed by atoms with Crippen molar-refractivity contribution >= 4 is 46.4 Å². The van der Waals surface area contributed by atoms with E-state index in [9.17, 15) is 18.4 Å². The van der Waals surface area contributed by atoms with Crippen LogP contribution in [-0.2, 0) is 26.0 Å². The van der Waals surface area contributed by atoms with Gasteiger partial charge in [-0.3, -0.25) is 10.0 Å². The van der Waals surface area contributed by atoms with Gasteiger partial charge in [0.15, 0.2) is 4.75 Å². The highest BCUT2D eigenvalue weighted by Gasteiger charge is 2.55. The molecule has 0 aliphatic carbocycles. The van der Waals surface area contributed by atoms with Crippen LogP contribution in [0, 0.1) is 11.3 Å². The predicted molar refractivity (Wildman–Crippen MR) is 147 cm³/mol. The third-order valence-corrected chi connectivity index (χ3v) is 9.79. The number of rotatable bonds is 11. The van der Waals surface area contributed by atoms with Crippen LogP contribution in [0.3, 0.4) is 0 Å². The number of nitrogens with zero attached hydrogens (tertiary/aromatic N) is 4. The zero-order valence-corrected chi connectivity index (χ0v) is 23.8. The van der Waals surface area contributed by atoms with Crippen LogP contribution in [0.4, 0.5) is 5.69 Å². The molecule has 0 atom stereocenters. The normalized spacial score (nSPS) is 18.2. The number of nitrogens with one attached hydrogen (secondary N) is 1. The van der Waals surface area contributed by atoms with Crippen molar-refractivity contribution in [3.63, 3.8) is 0 Å². The Morgan fingerprint density at radius 2 is 1.70 bits per heavy atom. The molecule has 0 unspecified atom stereocenters. The Labute approximate surface area is 232 Å². The van der Waals surface area contributed by atoms with E-state index in [1.165, 1.54) is 9.87 Å². The number of anilines is 1. The van der Waals surface area contributed by atoms with Gasteiger partial charge in [-0.05, 0) is 49.8 Å². The summed E-state index contributed by atoms with van der Waals surface area (Å²) in [6, 6.07) is 10.5. The number of carbonyl (C=O) groups is 1. The van der Waals surface area contributed by atoms with Gasteiger partial charge < -0.3 is 14.5 Å². The van der Waals surface area contributed by atoms with E-state index in [0.29, 0.717) is 45.8 Å². The summed E-state index contributed by atoms with van der Waals surface area (Å²) in [5.74, 6) is -0.850. The van der Waals surface area contributed by atoms with Gasteiger partial charge in [0.1, 0.15) is 0 Å². The number of amides is 1. The van der Waals surface area contributed by atoms with Crippen LogP contribution in [0.2, 0.25) is 0 Å². The fourth-order valence-electron chi connectivity index (χ4n) is 4.90. The number of piperidine rings is 1. The molecule has 0 radical (unpaired) electrons. The van der Waals surface area contributed by atoms with Gasteiger partial charge in [-0.1, -0.05) is 12.1 Å². The molecule has 1 amide bonds. The summed E-state index contributed by atoms with van der Waals surface area (Å²) in [6.07, 6.45) is 3.65. The number of benzene rings is 1. The largest absolute Gasteiger partial charge is 0.383 e. The molecule has 2 aliphatic heterocycles. The molecule has 0 bridgehead atoms. The molecule has 210 valence electrons. The summed E-state index contributed by atoms with van der Waals surface area (Å²) in [7, 11) is -2.36. The van der Waals surface area contributed by atoms with E-state index in [1.54, 1.807) is 12.6 Å². The molecule has 2 N–H and O–H groups in total. The highest BCUT2D eigenvalue weighted by atomic mass is 35.5. The topological polar surface area (TPSA) is 126 Å². The molecule has 3 rings (SSSR count). The summed E-state index contributed by atoms with van der Waals surface area (Å²) < 4.78 is 32.2. The van der Waals surface area contributed by atoms with E-state index in [-0.39, 0.29) is 50.7 Å². The van der Waals surface area contributed by atoms with E-state index in [4.69, 9.17) is 10.00 Å². The standard InChI is InChI=1S/C24H37N5O5S.2ClH/c1-34-20-19-27-13-10-24(11-14-27,23(30)26-31)35(32,33)29-17-15-28(16-18-29)22-8-6-21(7-9-22)5-3-2-4-12-25;;/h6-9,31H,2-5,10-11,13-20H2,1H3,(H,26,30);2*1H. The Bertz CT molecular complexity index is 974. The summed E-state index contributed by atoms with van der Waals surface area (Å²) in [4.78, 5) is 16.9. The Hall–Kier alpha value is -1.65. The lowest BCUT2D eigenvalue weighted by atomic mass is 9.95. The number of sulfonamides is 1. The van der Waals surface area contributed by atoms with Crippen molar-refractivity contribution in [3.05, 3.63) is 29.8 Å². The molecule has 2 heterocycles. The molecule has 2 saturated heterocycles. The minimum atomic E-state index is -3.98. The van der Waals surface area contributed by atoms with Crippen LogP contribution < -0.4 is 10.4 Å². The lowest BCUT2D eigenvalue weighted by molar-refractivity contribution is -0.133. The van der Waals surface area contributed by atoms with Crippen molar-refractivity contribution in [1.29, 1.82) is 5.26 Å². The van der Waals surface area contributed by atoms with Gasteiger partial charge in [0.25, 0.3) is 5.91 Å². The number of halogens is 2. The second-order valence-corrected chi connectivity index (χ2v) is 11.4. The number of carbonyl (C=O) groups excluding carboxylic acids is 1. The van der Waals surface area contributed by atoms with Crippen molar-refractivity contribution in [2.45, 2.75) is 43.3 Å². The van der Waals surface area contributed by atoms with E-state index in [0.717, 1.165) is 24.9 Å². The van der Waals surface area contributed by atoms with Gasteiger partial charge in [0, 0.05) is 65.0 Å². The Balaban J connectivity index is 0.00000342. The van der Waals surface area contributed by atoms with Crippen molar-refractivity contribution in [3.8, 4) is 6.07 Å². The molecule has 13 heteroatoms. The first-order chi connectivity index (χ1) is 16.9. The molecule has 37 heavy (non-hydrogen) atoms. The summed E-state index contributed by atoms with van der Waals surface area (Å²) in [6.45, 7) is 3.71. The second kappa shape index (κ2) is 15.7. The van der Waals surface area contributed by atoms with E-state index in [2.05, 4.69) is 40.1 Å². The monoisotopic (exact) mass is 579 g/mol. The fourth-order valence-corrected chi connectivity index (χ4v) is 7.02. The molecule has 1 aromatic carbocycles. The molecule has 2 fully saturated rings. The third-order valence-electron chi connectivity index (χ3n) is 7.17. The highest BCUT2D eigenvalue weighted by Crippen LogP contribution is 2.34. The first-order valence-electron chi connectivity index (χ1n) is 12.2. The van der Waals surface area contributed by atoms with Gasteiger partial charge in [0.2, 0.25) is 10.0 Å². The van der Waals surface area contributed by atoms with Gasteiger partial charge >= 0.3 is 0 Å². The van der Waals surface area contributed by atoms with Gasteiger partial charge in [-0.2, -0.15) is 9.57 Å². The number of methoxy groups -OCH3 is 1. The first-order valence-corrected chi connectivity index (χ1v) is 13.7. The smallest absolute Gasteiger partial charge is 0.266 e. The van der Waals surface area contributed by atoms with Crippen molar-refractivity contribution < 1.29 is 23.2 Å².